The second kappa shape index (κ2) is 9.14. The van der Waals surface area contributed by atoms with Gasteiger partial charge < -0.3 is 19.5 Å². The van der Waals surface area contributed by atoms with Crippen molar-refractivity contribution in [1.82, 2.24) is 20.1 Å². The largest absolute Gasteiger partial charge is 0.416 e. The molecule has 40 heavy (non-hydrogen) atoms. The van der Waals surface area contributed by atoms with Crippen LogP contribution in [0.2, 0.25) is 0 Å². The lowest BCUT2D eigenvalue weighted by atomic mass is 9.56. The quantitative estimate of drug-likeness (QED) is 0.418. The molecule has 0 spiro atoms. The summed E-state index contributed by atoms with van der Waals surface area (Å²) in [7, 11) is 3.58. The van der Waals surface area contributed by atoms with Gasteiger partial charge in [-0.2, -0.15) is 13.2 Å². The van der Waals surface area contributed by atoms with Gasteiger partial charge in [0.25, 0.3) is 5.91 Å². The fraction of sp³-hybridized carbons (Fsp3) is 0.500. The van der Waals surface area contributed by atoms with E-state index in [0.29, 0.717) is 24.1 Å². The zero-order valence-corrected chi connectivity index (χ0v) is 23.2. The van der Waals surface area contributed by atoms with E-state index in [1.165, 1.54) is 11.0 Å². The second-order valence-electron chi connectivity index (χ2n) is 12.2. The molecule has 1 amide bonds. The van der Waals surface area contributed by atoms with Crippen molar-refractivity contribution < 1.29 is 22.7 Å². The van der Waals surface area contributed by atoms with E-state index >= 15 is 0 Å². The summed E-state index contributed by atoms with van der Waals surface area (Å²) in [6.07, 6.45) is 1.50. The maximum Gasteiger partial charge on any atom is 0.416 e. The zero-order valence-electron chi connectivity index (χ0n) is 23.2. The number of amides is 1. The maximum atomic E-state index is 14.2. The number of halogens is 3. The average Bonchev–Trinajstić information content (AvgIpc) is 3.46. The minimum atomic E-state index is -4.57. The van der Waals surface area contributed by atoms with Crippen LogP contribution in [0, 0.1) is 0 Å². The Morgan fingerprint density at radius 3 is 2.48 bits per heavy atom. The summed E-state index contributed by atoms with van der Waals surface area (Å²) in [6.45, 7) is 4.28. The highest BCUT2D eigenvalue weighted by Gasteiger charge is 2.57. The lowest BCUT2D eigenvalue weighted by molar-refractivity contribution is -0.138. The summed E-state index contributed by atoms with van der Waals surface area (Å²) in [5.41, 5.74) is 0.465. The van der Waals surface area contributed by atoms with Crippen LogP contribution in [-0.2, 0) is 36.5 Å². The van der Waals surface area contributed by atoms with E-state index in [1.54, 1.807) is 25.6 Å². The number of aryl methyl sites for hydroxylation is 1. The molecule has 1 aliphatic heterocycles. The monoisotopic (exact) mass is 553 g/mol. The third kappa shape index (κ3) is 4.32. The second-order valence-corrected chi connectivity index (χ2v) is 12.2. The number of carbonyl (C=O) groups excluding carboxylic acids is 1. The number of alkyl halides is 3. The Bertz CT molecular complexity index is 1470. The number of nitrogens with one attached hydrogen (secondary N) is 1. The Hall–Kier alpha value is -3.24. The molecule has 1 N–H and O–H groups in total. The first-order chi connectivity index (χ1) is 18.9. The SMILES string of the molecule is CO[C@]1(C)C[C@](c2cccc(N3Cc4c(cc(CNC5(C)CCC5)cc4C(F)(F)F)C3=O)c2)(c2nncn2C)C1. The molecular weight excluding hydrogens is 519 g/mol. The topological polar surface area (TPSA) is 72.3 Å². The van der Waals surface area contributed by atoms with Gasteiger partial charge in [0.1, 0.15) is 12.2 Å². The summed E-state index contributed by atoms with van der Waals surface area (Å²) in [5.74, 6) is 0.365. The van der Waals surface area contributed by atoms with Gasteiger partial charge in [-0.05, 0) is 86.9 Å². The number of rotatable bonds is 7. The predicted molar refractivity (Wildman–Crippen MR) is 144 cm³/mol. The highest BCUT2D eigenvalue weighted by molar-refractivity contribution is 6.10. The van der Waals surface area contributed by atoms with Crippen molar-refractivity contribution in [2.24, 2.45) is 7.05 Å². The van der Waals surface area contributed by atoms with E-state index in [4.69, 9.17) is 4.74 Å². The average molecular weight is 554 g/mol. The van der Waals surface area contributed by atoms with Gasteiger partial charge >= 0.3 is 6.18 Å². The summed E-state index contributed by atoms with van der Waals surface area (Å²) >= 11 is 0. The Balaban J connectivity index is 1.35. The van der Waals surface area contributed by atoms with Crippen LogP contribution in [0.5, 0.6) is 0 Å². The van der Waals surface area contributed by atoms with E-state index in [0.717, 1.165) is 30.7 Å². The van der Waals surface area contributed by atoms with E-state index in [2.05, 4.69) is 22.4 Å². The number of hydrogen-bond acceptors (Lipinski definition) is 5. The van der Waals surface area contributed by atoms with E-state index < -0.39 is 23.1 Å². The van der Waals surface area contributed by atoms with Crippen LogP contribution in [0.4, 0.5) is 18.9 Å². The molecule has 1 aromatic heterocycles. The lowest BCUT2D eigenvalue weighted by Gasteiger charge is -2.53. The summed E-state index contributed by atoms with van der Waals surface area (Å²) in [4.78, 5) is 15.1. The van der Waals surface area contributed by atoms with E-state index in [1.807, 2.05) is 36.7 Å². The maximum absolute atomic E-state index is 14.2. The van der Waals surface area contributed by atoms with Gasteiger partial charge in [0.2, 0.25) is 0 Å². The van der Waals surface area contributed by atoms with Crippen LogP contribution < -0.4 is 10.2 Å². The van der Waals surface area contributed by atoms with Crippen molar-refractivity contribution in [3.63, 3.8) is 0 Å². The number of anilines is 1. The molecular formula is C30H34F3N5O2. The summed E-state index contributed by atoms with van der Waals surface area (Å²) in [5, 5.41) is 11.9. The molecule has 2 heterocycles. The molecule has 3 aliphatic rings. The normalized spacial score (nSPS) is 25.5. The highest BCUT2D eigenvalue weighted by Crippen LogP contribution is 2.55. The van der Waals surface area contributed by atoms with Crippen molar-refractivity contribution >= 4 is 11.6 Å². The number of fused-ring (bicyclic) bond motifs is 1. The minimum Gasteiger partial charge on any atom is -0.378 e. The minimum absolute atomic E-state index is 0.0279. The third-order valence-electron chi connectivity index (χ3n) is 9.28. The van der Waals surface area contributed by atoms with Gasteiger partial charge in [0, 0.05) is 37.5 Å². The van der Waals surface area contributed by atoms with Gasteiger partial charge in [0.05, 0.1) is 23.1 Å². The Kier molecular flexibility index (Phi) is 6.16. The zero-order chi connectivity index (χ0) is 28.5. The molecule has 2 fully saturated rings. The number of methoxy groups -OCH3 is 1. The van der Waals surface area contributed by atoms with Crippen LogP contribution >= 0.6 is 0 Å². The fourth-order valence-electron chi connectivity index (χ4n) is 6.78. The first kappa shape index (κ1) is 27.0. The Morgan fingerprint density at radius 1 is 1.12 bits per heavy atom. The van der Waals surface area contributed by atoms with Crippen LogP contribution in [0.1, 0.15) is 84.4 Å². The molecule has 0 unspecified atom stereocenters. The van der Waals surface area contributed by atoms with Gasteiger partial charge in [-0.15, -0.1) is 10.2 Å². The van der Waals surface area contributed by atoms with E-state index in [-0.39, 0.29) is 35.4 Å². The molecule has 0 radical (unpaired) electrons. The predicted octanol–water partition coefficient (Wildman–Crippen LogP) is 5.51. The van der Waals surface area contributed by atoms with Gasteiger partial charge in [-0.1, -0.05) is 12.1 Å². The molecule has 2 saturated carbocycles. The molecule has 3 aromatic rings. The molecule has 6 rings (SSSR count). The van der Waals surface area contributed by atoms with Crippen molar-refractivity contribution in [2.75, 3.05) is 12.0 Å². The molecule has 2 aromatic carbocycles. The lowest BCUT2D eigenvalue weighted by Crippen LogP contribution is -2.55. The first-order valence-electron chi connectivity index (χ1n) is 13.7. The van der Waals surface area contributed by atoms with Crippen LogP contribution in [0.15, 0.2) is 42.7 Å². The first-order valence-corrected chi connectivity index (χ1v) is 13.7. The van der Waals surface area contributed by atoms with Crippen molar-refractivity contribution in [3.05, 3.63) is 76.4 Å². The number of nitrogens with zero attached hydrogens (tertiary/aromatic N) is 4. The number of aromatic nitrogens is 3. The van der Waals surface area contributed by atoms with Crippen LogP contribution in [0.3, 0.4) is 0 Å². The Labute approximate surface area is 231 Å². The number of hydrogen-bond donors (Lipinski definition) is 1. The Morgan fingerprint density at radius 2 is 1.88 bits per heavy atom. The molecule has 0 bridgehead atoms. The van der Waals surface area contributed by atoms with Crippen LogP contribution in [-0.4, -0.2) is 38.9 Å². The van der Waals surface area contributed by atoms with Gasteiger partial charge in [-0.25, -0.2) is 0 Å². The van der Waals surface area contributed by atoms with Gasteiger partial charge in [-0.3, -0.25) is 4.79 Å². The van der Waals surface area contributed by atoms with Crippen molar-refractivity contribution in [1.29, 1.82) is 0 Å². The molecule has 212 valence electrons. The third-order valence-corrected chi connectivity index (χ3v) is 9.28. The number of ether oxygens (including phenoxy) is 1. The number of carbonyl (C=O) groups is 1. The van der Waals surface area contributed by atoms with Crippen molar-refractivity contribution in [3.8, 4) is 0 Å². The van der Waals surface area contributed by atoms with Crippen molar-refractivity contribution in [2.45, 2.75) is 81.8 Å². The highest BCUT2D eigenvalue weighted by atomic mass is 19.4. The van der Waals surface area contributed by atoms with E-state index in [9.17, 15) is 18.0 Å². The molecule has 7 nitrogen and oxygen atoms in total. The summed E-state index contributed by atoms with van der Waals surface area (Å²) < 4.78 is 50.3. The smallest absolute Gasteiger partial charge is 0.378 e. The fourth-order valence-corrected chi connectivity index (χ4v) is 6.78. The summed E-state index contributed by atoms with van der Waals surface area (Å²) in [6, 6.07) is 10.3. The molecule has 10 heteroatoms. The number of benzene rings is 2. The van der Waals surface area contributed by atoms with Gasteiger partial charge in [0.15, 0.2) is 0 Å². The standard InChI is InChI=1S/C30H34F3N5O2/c1-27(9-6-10-27)34-14-19-11-22-23(24(12-19)30(31,32)33)15-38(25(22)39)21-8-5-7-20(13-21)29(16-28(2,17-29)40-4)26-36-35-18-37(26)3/h5,7-8,11-13,18,34H,6,9-10,14-17H2,1-4H3/t28-,29+. The van der Waals surface area contributed by atoms with Crippen LogP contribution in [0.25, 0.3) is 0 Å². The molecule has 0 atom stereocenters. The molecule has 0 saturated heterocycles. The molecule has 2 aliphatic carbocycles.